The molecule has 0 saturated heterocycles. The van der Waals surface area contributed by atoms with Gasteiger partial charge in [-0.25, -0.2) is 0 Å². The summed E-state index contributed by atoms with van der Waals surface area (Å²) in [6, 6.07) is 16.0. The van der Waals surface area contributed by atoms with Crippen molar-refractivity contribution < 1.29 is 14.0 Å². The van der Waals surface area contributed by atoms with Crippen molar-refractivity contribution >= 4 is 21.3 Å². The van der Waals surface area contributed by atoms with Crippen LogP contribution in [0.3, 0.4) is 0 Å². The largest absolute Gasteiger partial charge is 0.411 e. The molecule has 2 rings (SSSR count). The Balaban J connectivity index is 2.09. The summed E-state index contributed by atoms with van der Waals surface area (Å²) in [7, 11) is -0.757. The van der Waals surface area contributed by atoms with Crippen LogP contribution >= 0.6 is 0 Å². The number of ketones is 2. The number of hydrogen-bond acceptors (Lipinski definition) is 3. The number of Topliss-reactive ketones (excluding diaryl/α,β-unsaturated/α-hetero) is 1. The van der Waals surface area contributed by atoms with Gasteiger partial charge in [0.1, 0.15) is 5.60 Å². The molecule has 0 amide bonds. The Kier molecular flexibility index (Phi) is 7.06. The molecule has 0 N–H and O–H groups in total. The Bertz CT molecular complexity index is 732. The number of carbonyl (C=O) groups is 2. The number of carbonyl (C=O) groups excluding carboxylic acids is 2. The van der Waals surface area contributed by atoms with Gasteiger partial charge in [-0.3, -0.25) is 9.59 Å². The molecule has 0 bridgehead atoms. The number of rotatable bonds is 9. The lowest BCUT2D eigenvalue weighted by atomic mass is 9.95. The molecule has 0 heterocycles. The molecule has 0 fully saturated rings. The molecular formula is C22H28O3Si. The summed E-state index contributed by atoms with van der Waals surface area (Å²) < 4.78 is 6.06. The Hall–Kier alpha value is -2.04. The van der Waals surface area contributed by atoms with Crippen LogP contribution in [0, 0.1) is 0 Å². The molecule has 0 spiro atoms. The van der Waals surface area contributed by atoms with E-state index in [2.05, 4.69) is 13.8 Å². The van der Waals surface area contributed by atoms with Crippen molar-refractivity contribution in [2.45, 2.75) is 51.7 Å². The Morgan fingerprint density at radius 3 is 1.92 bits per heavy atom. The first-order valence-electron chi connectivity index (χ1n) is 9.27. The summed E-state index contributed by atoms with van der Waals surface area (Å²) >= 11 is 0. The van der Waals surface area contributed by atoms with Crippen LogP contribution in [0.15, 0.2) is 54.6 Å². The van der Waals surface area contributed by atoms with E-state index in [9.17, 15) is 9.59 Å². The maximum atomic E-state index is 12.8. The summed E-state index contributed by atoms with van der Waals surface area (Å²) in [5.41, 5.74) is 1.59. The Morgan fingerprint density at radius 2 is 1.38 bits per heavy atom. The van der Waals surface area contributed by atoms with E-state index in [-0.39, 0.29) is 11.6 Å². The van der Waals surface area contributed by atoms with E-state index in [1.54, 1.807) is 36.4 Å². The van der Waals surface area contributed by atoms with E-state index < -0.39 is 15.4 Å². The van der Waals surface area contributed by atoms with Crippen molar-refractivity contribution in [1.82, 2.24) is 0 Å². The maximum Gasteiger partial charge on any atom is 0.193 e. The third-order valence-corrected chi connectivity index (χ3v) is 7.34. The molecule has 26 heavy (non-hydrogen) atoms. The SMILES string of the molecule is CCC(CC)[SiH2]OC(C)(C)C(=O)c1ccc(C(=O)c2ccccc2)cc1. The van der Waals surface area contributed by atoms with Crippen molar-refractivity contribution in [1.29, 1.82) is 0 Å². The highest BCUT2D eigenvalue weighted by atomic mass is 28.2. The summed E-state index contributed by atoms with van der Waals surface area (Å²) in [4.78, 5) is 25.3. The highest BCUT2D eigenvalue weighted by Gasteiger charge is 2.30. The lowest BCUT2D eigenvalue weighted by Gasteiger charge is -2.26. The summed E-state index contributed by atoms with van der Waals surface area (Å²) in [6.07, 6.45) is 2.20. The third-order valence-electron chi connectivity index (χ3n) is 4.83. The standard InChI is InChI=1S/C22H28O3Si/c1-5-19(6-2)26-25-22(3,4)21(24)18-14-12-17(13-15-18)20(23)16-10-8-7-9-11-16/h7-15,19H,5-6,26H2,1-4H3. The van der Waals surface area contributed by atoms with Crippen molar-refractivity contribution in [3.63, 3.8) is 0 Å². The highest BCUT2D eigenvalue weighted by Crippen LogP contribution is 2.22. The van der Waals surface area contributed by atoms with E-state index in [4.69, 9.17) is 4.43 Å². The highest BCUT2D eigenvalue weighted by molar-refractivity contribution is 6.30. The molecule has 138 valence electrons. The minimum absolute atomic E-state index is 0.0327. The first kappa shape index (κ1) is 20.3. The zero-order valence-corrected chi connectivity index (χ0v) is 17.5. The van der Waals surface area contributed by atoms with Gasteiger partial charge in [0.05, 0.1) is 0 Å². The van der Waals surface area contributed by atoms with Crippen LogP contribution in [0.5, 0.6) is 0 Å². The van der Waals surface area contributed by atoms with Gasteiger partial charge in [0.2, 0.25) is 0 Å². The average molecular weight is 369 g/mol. The normalized spacial score (nSPS) is 12.0. The van der Waals surface area contributed by atoms with Crippen molar-refractivity contribution in [2.24, 2.45) is 0 Å². The molecule has 0 aliphatic heterocycles. The molecule has 4 heteroatoms. The third kappa shape index (κ3) is 4.99. The van der Waals surface area contributed by atoms with Gasteiger partial charge in [0.15, 0.2) is 21.3 Å². The van der Waals surface area contributed by atoms with E-state index in [0.29, 0.717) is 22.2 Å². The van der Waals surface area contributed by atoms with E-state index in [1.807, 2.05) is 32.0 Å². The fraction of sp³-hybridized carbons (Fsp3) is 0.364. The quantitative estimate of drug-likeness (QED) is 0.480. The van der Waals surface area contributed by atoms with Crippen molar-refractivity contribution in [2.75, 3.05) is 0 Å². The molecule has 0 aliphatic rings. The summed E-state index contributed by atoms with van der Waals surface area (Å²) in [5, 5.41) is 0. The van der Waals surface area contributed by atoms with Gasteiger partial charge in [0, 0.05) is 16.7 Å². The molecule has 2 aromatic carbocycles. The molecule has 0 aliphatic carbocycles. The molecule has 2 aromatic rings. The van der Waals surface area contributed by atoms with Crippen LogP contribution in [0.25, 0.3) is 0 Å². The van der Waals surface area contributed by atoms with Crippen molar-refractivity contribution in [3.8, 4) is 0 Å². The maximum absolute atomic E-state index is 12.8. The average Bonchev–Trinajstić information content (AvgIpc) is 2.68. The van der Waals surface area contributed by atoms with Gasteiger partial charge in [-0.15, -0.1) is 0 Å². The molecule has 0 saturated carbocycles. The molecular weight excluding hydrogens is 340 g/mol. The predicted molar refractivity (Wildman–Crippen MR) is 109 cm³/mol. The molecule has 0 aromatic heterocycles. The zero-order valence-electron chi connectivity index (χ0n) is 16.1. The van der Waals surface area contributed by atoms with Crippen LogP contribution in [0.4, 0.5) is 0 Å². The lowest BCUT2D eigenvalue weighted by molar-refractivity contribution is 0.0589. The molecule has 3 nitrogen and oxygen atoms in total. The van der Waals surface area contributed by atoms with Crippen LogP contribution in [-0.4, -0.2) is 26.9 Å². The minimum Gasteiger partial charge on any atom is -0.411 e. The molecule has 0 radical (unpaired) electrons. The first-order valence-corrected chi connectivity index (χ1v) is 10.7. The summed E-state index contributed by atoms with van der Waals surface area (Å²) in [5.74, 6) is -0.0732. The van der Waals surface area contributed by atoms with E-state index in [1.165, 1.54) is 0 Å². The van der Waals surface area contributed by atoms with E-state index >= 15 is 0 Å². The second kappa shape index (κ2) is 9.06. The molecule has 0 unspecified atom stereocenters. The monoisotopic (exact) mass is 368 g/mol. The van der Waals surface area contributed by atoms with Gasteiger partial charge in [0.25, 0.3) is 0 Å². The number of benzene rings is 2. The number of hydrogen-bond donors (Lipinski definition) is 0. The fourth-order valence-electron chi connectivity index (χ4n) is 2.79. The van der Waals surface area contributed by atoms with Crippen LogP contribution < -0.4 is 0 Å². The predicted octanol–water partition coefficient (Wildman–Crippen LogP) is 4.59. The van der Waals surface area contributed by atoms with Gasteiger partial charge in [-0.1, -0.05) is 81.3 Å². The summed E-state index contributed by atoms with van der Waals surface area (Å²) in [6.45, 7) is 8.02. The Labute approximate surface area is 158 Å². The minimum atomic E-state index is -0.820. The molecule has 0 atom stereocenters. The van der Waals surface area contributed by atoms with Gasteiger partial charge >= 0.3 is 0 Å². The first-order chi connectivity index (χ1) is 12.4. The van der Waals surface area contributed by atoms with Gasteiger partial charge < -0.3 is 4.43 Å². The topological polar surface area (TPSA) is 43.4 Å². The Morgan fingerprint density at radius 1 is 0.885 bits per heavy atom. The van der Waals surface area contributed by atoms with Gasteiger partial charge in [-0.05, 0) is 19.4 Å². The lowest BCUT2D eigenvalue weighted by Crippen LogP contribution is -2.37. The van der Waals surface area contributed by atoms with Crippen LogP contribution in [0.2, 0.25) is 5.54 Å². The second-order valence-electron chi connectivity index (χ2n) is 7.11. The van der Waals surface area contributed by atoms with Crippen LogP contribution in [-0.2, 0) is 4.43 Å². The second-order valence-corrected chi connectivity index (χ2v) is 8.88. The van der Waals surface area contributed by atoms with Gasteiger partial charge in [-0.2, -0.15) is 0 Å². The zero-order chi connectivity index (χ0) is 19.2. The smallest absolute Gasteiger partial charge is 0.193 e. The van der Waals surface area contributed by atoms with E-state index in [0.717, 1.165) is 12.8 Å². The van der Waals surface area contributed by atoms with Crippen molar-refractivity contribution in [3.05, 3.63) is 71.3 Å². The van der Waals surface area contributed by atoms with Crippen LogP contribution in [0.1, 0.15) is 66.8 Å². The fourth-order valence-corrected chi connectivity index (χ4v) is 4.05.